The summed E-state index contributed by atoms with van der Waals surface area (Å²) in [6.07, 6.45) is 0.823. The Morgan fingerprint density at radius 3 is 2.43 bits per heavy atom. The molecule has 0 aromatic heterocycles. The van der Waals surface area contributed by atoms with Gasteiger partial charge >= 0.3 is 11.9 Å². The van der Waals surface area contributed by atoms with Crippen LogP contribution in [0, 0.1) is 11.3 Å². The van der Waals surface area contributed by atoms with Crippen LogP contribution in [-0.2, 0) is 23.8 Å². The van der Waals surface area contributed by atoms with Crippen LogP contribution in [0.25, 0.3) is 0 Å². The quantitative estimate of drug-likeness (QED) is 0.483. The number of benzene rings is 1. The third kappa shape index (κ3) is 5.54. The fraction of sp³-hybridized carbons (Fsp3) is 0.409. The van der Waals surface area contributed by atoms with Crippen LogP contribution >= 0.6 is 0 Å². The average Bonchev–Trinajstić information content (AvgIpc) is 2.71. The fourth-order valence-corrected chi connectivity index (χ4v) is 3.08. The molecule has 0 radical (unpaired) electrons. The zero-order chi connectivity index (χ0) is 22.1. The van der Waals surface area contributed by atoms with Crippen molar-refractivity contribution in [3.05, 3.63) is 52.6 Å². The standard InChI is InChI=1S/C22H26N2O6/c1-4-27-18(25)7-6-12-29-16-10-8-15(9-11-16)20-17(13-23)21(24)30-14(3)19(20)22(26)28-5-2/h8-11,20H,4-7,12,24H2,1-3H3. The van der Waals surface area contributed by atoms with Gasteiger partial charge in [0.1, 0.15) is 23.2 Å². The Kier molecular flexibility index (Phi) is 8.29. The van der Waals surface area contributed by atoms with E-state index in [2.05, 4.69) is 0 Å². The number of carbonyl (C=O) groups is 2. The van der Waals surface area contributed by atoms with Crippen molar-refractivity contribution in [3.8, 4) is 11.8 Å². The predicted octanol–water partition coefficient (Wildman–Crippen LogP) is 3.05. The Bertz CT molecular complexity index is 880. The van der Waals surface area contributed by atoms with Crippen LogP contribution in [0.4, 0.5) is 0 Å². The maximum atomic E-state index is 12.5. The molecular weight excluding hydrogens is 388 g/mol. The molecule has 0 fully saturated rings. The van der Waals surface area contributed by atoms with Crippen molar-refractivity contribution in [2.75, 3.05) is 19.8 Å². The number of nitrogens with two attached hydrogens (primary N) is 1. The summed E-state index contributed by atoms with van der Waals surface area (Å²) in [7, 11) is 0. The Hall–Kier alpha value is -3.47. The molecule has 0 spiro atoms. The summed E-state index contributed by atoms with van der Waals surface area (Å²) in [5.41, 5.74) is 6.95. The van der Waals surface area contributed by atoms with Gasteiger partial charge in [0.05, 0.1) is 31.3 Å². The molecule has 1 aliphatic rings. The van der Waals surface area contributed by atoms with E-state index in [9.17, 15) is 14.9 Å². The molecule has 0 saturated heterocycles. The van der Waals surface area contributed by atoms with Gasteiger partial charge in [-0.2, -0.15) is 5.26 Å². The van der Waals surface area contributed by atoms with Gasteiger partial charge in [0, 0.05) is 6.42 Å². The molecule has 0 amide bonds. The Labute approximate surface area is 175 Å². The number of hydrogen-bond acceptors (Lipinski definition) is 8. The monoisotopic (exact) mass is 414 g/mol. The minimum Gasteiger partial charge on any atom is -0.494 e. The minimum absolute atomic E-state index is 0.0349. The van der Waals surface area contributed by atoms with Gasteiger partial charge < -0.3 is 24.7 Å². The van der Waals surface area contributed by atoms with E-state index in [1.165, 1.54) is 0 Å². The number of hydrogen-bond donors (Lipinski definition) is 1. The van der Waals surface area contributed by atoms with E-state index < -0.39 is 11.9 Å². The van der Waals surface area contributed by atoms with Crippen LogP contribution < -0.4 is 10.5 Å². The second kappa shape index (κ2) is 10.9. The number of ether oxygens (including phenoxy) is 4. The topological polar surface area (TPSA) is 121 Å². The molecule has 0 aliphatic carbocycles. The lowest BCUT2D eigenvalue weighted by atomic mass is 9.83. The average molecular weight is 414 g/mol. The summed E-state index contributed by atoms with van der Waals surface area (Å²) in [5.74, 6) is -0.636. The third-order valence-electron chi connectivity index (χ3n) is 4.41. The first-order valence-electron chi connectivity index (χ1n) is 9.76. The summed E-state index contributed by atoms with van der Waals surface area (Å²) >= 11 is 0. The van der Waals surface area contributed by atoms with Crippen molar-refractivity contribution in [3.63, 3.8) is 0 Å². The van der Waals surface area contributed by atoms with E-state index in [-0.39, 0.29) is 36.0 Å². The van der Waals surface area contributed by atoms with Crippen LogP contribution in [0.1, 0.15) is 45.1 Å². The zero-order valence-corrected chi connectivity index (χ0v) is 17.4. The van der Waals surface area contributed by atoms with Gasteiger partial charge in [0.2, 0.25) is 5.88 Å². The largest absolute Gasteiger partial charge is 0.494 e. The van der Waals surface area contributed by atoms with E-state index in [1.54, 1.807) is 45.0 Å². The number of nitriles is 1. The highest BCUT2D eigenvalue weighted by Gasteiger charge is 2.36. The zero-order valence-electron chi connectivity index (χ0n) is 17.4. The van der Waals surface area contributed by atoms with Gasteiger partial charge in [-0.15, -0.1) is 0 Å². The molecule has 1 aromatic rings. The normalized spacial score (nSPS) is 15.9. The van der Waals surface area contributed by atoms with E-state index >= 15 is 0 Å². The summed E-state index contributed by atoms with van der Waals surface area (Å²) in [4.78, 5) is 23.9. The second-order valence-electron chi connectivity index (χ2n) is 6.44. The maximum absolute atomic E-state index is 12.5. The summed E-state index contributed by atoms with van der Waals surface area (Å²) < 4.78 is 21.1. The number of esters is 2. The molecule has 8 heteroatoms. The summed E-state index contributed by atoms with van der Waals surface area (Å²) in [6, 6.07) is 9.02. The van der Waals surface area contributed by atoms with E-state index in [0.29, 0.717) is 36.7 Å². The first-order valence-corrected chi connectivity index (χ1v) is 9.76. The van der Waals surface area contributed by atoms with E-state index in [0.717, 1.165) is 0 Å². The highest BCUT2D eigenvalue weighted by Crippen LogP contribution is 2.39. The highest BCUT2D eigenvalue weighted by atomic mass is 16.5. The molecule has 8 nitrogen and oxygen atoms in total. The van der Waals surface area contributed by atoms with Gasteiger partial charge in [-0.1, -0.05) is 12.1 Å². The van der Waals surface area contributed by atoms with Crippen molar-refractivity contribution >= 4 is 11.9 Å². The first-order chi connectivity index (χ1) is 14.4. The molecule has 1 aromatic carbocycles. The molecule has 1 atom stereocenters. The van der Waals surface area contributed by atoms with Gasteiger partial charge in [0.15, 0.2) is 0 Å². The lowest BCUT2D eigenvalue weighted by Gasteiger charge is -2.26. The molecule has 2 N–H and O–H groups in total. The molecule has 2 rings (SSSR count). The number of allylic oxidation sites excluding steroid dienone is 2. The van der Waals surface area contributed by atoms with Gasteiger partial charge in [0.25, 0.3) is 0 Å². The fourth-order valence-electron chi connectivity index (χ4n) is 3.08. The molecular formula is C22H26N2O6. The van der Waals surface area contributed by atoms with Crippen molar-refractivity contribution in [2.45, 2.75) is 39.5 Å². The van der Waals surface area contributed by atoms with Crippen molar-refractivity contribution < 1.29 is 28.5 Å². The van der Waals surface area contributed by atoms with Crippen molar-refractivity contribution in [1.29, 1.82) is 5.26 Å². The second-order valence-corrected chi connectivity index (χ2v) is 6.44. The van der Waals surface area contributed by atoms with Crippen LogP contribution in [0.15, 0.2) is 47.1 Å². The van der Waals surface area contributed by atoms with Crippen LogP contribution in [0.5, 0.6) is 5.75 Å². The van der Waals surface area contributed by atoms with Gasteiger partial charge in [-0.25, -0.2) is 4.79 Å². The number of rotatable bonds is 9. The maximum Gasteiger partial charge on any atom is 0.338 e. The third-order valence-corrected chi connectivity index (χ3v) is 4.41. The van der Waals surface area contributed by atoms with Crippen molar-refractivity contribution in [2.24, 2.45) is 5.73 Å². The molecule has 0 saturated carbocycles. The Balaban J connectivity index is 2.17. The first kappa shape index (κ1) is 22.8. The van der Waals surface area contributed by atoms with Gasteiger partial charge in [-0.3, -0.25) is 4.79 Å². The Morgan fingerprint density at radius 2 is 1.83 bits per heavy atom. The Morgan fingerprint density at radius 1 is 1.17 bits per heavy atom. The predicted molar refractivity (Wildman–Crippen MR) is 108 cm³/mol. The molecule has 1 aliphatic heterocycles. The van der Waals surface area contributed by atoms with E-state index in [4.69, 9.17) is 24.7 Å². The molecule has 0 bridgehead atoms. The van der Waals surface area contributed by atoms with Crippen LogP contribution in [0.2, 0.25) is 0 Å². The number of carbonyl (C=O) groups excluding carboxylic acids is 2. The smallest absolute Gasteiger partial charge is 0.338 e. The summed E-state index contributed by atoms with van der Waals surface area (Å²) in [5, 5.41) is 9.58. The number of nitrogens with zero attached hydrogens (tertiary/aromatic N) is 1. The van der Waals surface area contributed by atoms with Gasteiger partial charge in [-0.05, 0) is 44.9 Å². The van der Waals surface area contributed by atoms with Crippen LogP contribution in [-0.4, -0.2) is 31.8 Å². The summed E-state index contributed by atoms with van der Waals surface area (Å²) in [6.45, 7) is 6.00. The van der Waals surface area contributed by atoms with Crippen molar-refractivity contribution in [1.82, 2.24) is 0 Å². The highest BCUT2D eigenvalue weighted by molar-refractivity contribution is 5.92. The molecule has 160 valence electrons. The SMILES string of the molecule is CCOC(=O)CCCOc1ccc(C2C(C#N)=C(N)OC(C)=C2C(=O)OCC)cc1. The van der Waals surface area contributed by atoms with E-state index in [1.807, 2.05) is 6.07 Å². The molecule has 1 heterocycles. The minimum atomic E-state index is -0.694. The lowest BCUT2D eigenvalue weighted by molar-refractivity contribution is -0.143. The molecule has 1 unspecified atom stereocenters. The van der Waals surface area contributed by atoms with Crippen LogP contribution in [0.3, 0.4) is 0 Å². The molecule has 30 heavy (non-hydrogen) atoms. The lowest BCUT2D eigenvalue weighted by Crippen LogP contribution is -2.25.